The molecule has 0 aliphatic carbocycles. The van der Waals surface area contributed by atoms with E-state index in [1.54, 1.807) is 0 Å². The van der Waals surface area contributed by atoms with Crippen molar-refractivity contribution in [3.05, 3.63) is 0 Å². The quantitative estimate of drug-likeness (QED) is 0.0846. The number of rotatable bonds is 12. The van der Waals surface area contributed by atoms with Gasteiger partial charge in [0.1, 0.15) is 6.10 Å². The second-order valence-electron chi connectivity index (χ2n) is 6.85. The fourth-order valence-corrected chi connectivity index (χ4v) is 2.04. The number of aliphatic hydroxyl groups is 2. The molecule has 0 heterocycles. The minimum atomic E-state index is -2.95. The van der Waals surface area contributed by atoms with E-state index in [9.17, 15) is 39.0 Å². The fraction of sp³-hybridized carbons (Fsp3) is 0.625. The zero-order valence-corrected chi connectivity index (χ0v) is 24.9. The van der Waals surface area contributed by atoms with Crippen LogP contribution in [0.25, 0.3) is 0 Å². The van der Waals surface area contributed by atoms with Gasteiger partial charge in [0.15, 0.2) is 0 Å². The van der Waals surface area contributed by atoms with Crippen LogP contribution in [0, 0.1) is 5.41 Å². The fourth-order valence-electron chi connectivity index (χ4n) is 2.04. The summed E-state index contributed by atoms with van der Waals surface area (Å²) in [5.41, 5.74) is -4.13. The summed E-state index contributed by atoms with van der Waals surface area (Å²) >= 11 is 0. The van der Waals surface area contributed by atoms with Gasteiger partial charge in [0, 0.05) is 12.0 Å². The van der Waals surface area contributed by atoms with Crippen molar-refractivity contribution in [3.63, 3.8) is 0 Å². The maximum absolute atomic E-state index is 12.0. The van der Waals surface area contributed by atoms with Crippen molar-refractivity contribution in [2.45, 2.75) is 44.8 Å². The summed E-state index contributed by atoms with van der Waals surface area (Å²) in [6.45, 7) is 1.81. The number of hydrogen-bond donors (Lipinski definition) is 6. The van der Waals surface area contributed by atoms with Crippen molar-refractivity contribution in [2.75, 3.05) is 13.2 Å². The predicted molar refractivity (Wildman–Crippen MR) is 116 cm³/mol. The molecule has 0 rings (SSSR count). The molecule has 0 aromatic rings. The molecule has 17 heteroatoms. The Kier molecular flexibility index (Phi) is 23.1. The summed E-state index contributed by atoms with van der Waals surface area (Å²) in [6, 6.07) is 0. The number of carboxylic acids is 2. The summed E-state index contributed by atoms with van der Waals surface area (Å²) in [5, 5.41) is 47.6. The van der Waals surface area contributed by atoms with Gasteiger partial charge in [-0.05, 0) is 0 Å². The van der Waals surface area contributed by atoms with E-state index in [-0.39, 0.29) is 122 Å². The van der Waals surface area contributed by atoms with Gasteiger partial charge >= 0.3 is 143 Å². The van der Waals surface area contributed by atoms with Crippen molar-refractivity contribution < 1.29 is 72.3 Å². The number of amides is 1. The minimum Gasteiger partial charge on any atom is -1.00 e. The topological polar surface area (TPSA) is 234 Å². The summed E-state index contributed by atoms with van der Waals surface area (Å²) in [5.74, 6) is -7.75. The molecule has 0 spiro atoms. The normalized spacial score (nSPS) is 12.7. The summed E-state index contributed by atoms with van der Waals surface area (Å²) < 4.78 is 8.35. The van der Waals surface area contributed by atoms with Gasteiger partial charge in [-0.15, -0.1) is 0 Å². The average molecular weight is 564 g/mol. The van der Waals surface area contributed by atoms with Crippen molar-refractivity contribution in [1.29, 1.82) is 0 Å². The molecule has 0 aliphatic rings. The molecule has 0 aliphatic heterocycles. The third-order valence-corrected chi connectivity index (χ3v) is 3.79. The van der Waals surface area contributed by atoms with Crippen molar-refractivity contribution in [2.24, 2.45) is 5.41 Å². The Balaban J connectivity index is -0.000000117. The first-order valence-electron chi connectivity index (χ1n) is 8.34. The molecule has 1 unspecified atom stereocenters. The number of carboxylic acid groups (broad SMARTS) is 3. The molecular weight excluding hydrogens is 534 g/mol. The first-order chi connectivity index (χ1) is 13.7. The smallest absolute Gasteiger partial charge is 1.00 e. The number of hydrogen-bond acceptors (Lipinski definition) is 10. The van der Waals surface area contributed by atoms with Gasteiger partial charge < -0.3 is 48.9 Å². The Morgan fingerprint density at radius 1 is 0.939 bits per heavy atom. The largest absolute Gasteiger partial charge is 2.00 e. The zero-order valence-electron chi connectivity index (χ0n) is 24.2. The Morgan fingerprint density at radius 2 is 1.45 bits per heavy atom. The maximum Gasteiger partial charge on any atom is 2.00 e. The van der Waals surface area contributed by atoms with Gasteiger partial charge in [-0.25, -0.2) is 9.59 Å². The van der Waals surface area contributed by atoms with E-state index in [0.717, 1.165) is 0 Å². The molecule has 14 nitrogen and oxygen atoms in total. The average Bonchev–Trinajstić information content (AvgIpc) is 2.59. The van der Waals surface area contributed by atoms with E-state index in [0.29, 0.717) is 0 Å². The second kappa shape index (κ2) is 18.7. The SMILES string of the molecule is CC(C)(CO)[C@@H](O)C(=O)NCCC(=O)OC(CC(=O)O)(CC(=O)OC(=O)O)C(=O)O.[Ca+2].[Ca+2].[Ca+2].[H-].[H-].[H-].[H-].[H-].[H-]. The Bertz CT molecular complexity index is 740. The molecule has 0 radical (unpaired) electrons. The number of carbonyl (C=O) groups is 6. The van der Waals surface area contributed by atoms with Crippen LogP contribution in [0.3, 0.4) is 0 Å². The van der Waals surface area contributed by atoms with Crippen molar-refractivity contribution >= 4 is 149 Å². The molecule has 1 amide bonds. The number of esters is 2. The maximum atomic E-state index is 12.0. The number of carbonyl (C=O) groups excluding carboxylic acids is 3. The first kappa shape index (κ1) is 40.7. The van der Waals surface area contributed by atoms with Crippen LogP contribution < -0.4 is 5.32 Å². The molecule has 0 fully saturated rings. The molecule has 0 bridgehead atoms. The van der Waals surface area contributed by atoms with Gasteiger partial charge in [0.25, 0.3) is 0 Å². The summed E-state index contributed by atoms with van der Waals surface area (Å²) in [4.78, 5) is 68.1. The van der Waals surface area contributed by atoms with Crippen LogP contribution in [0.1, 0.15) is 41.7 Å². The predicted octanol–water partition coefficient (Wildman–Crippen LogP) is -2.14. The number of aliphatic hydroxyl groups excluding tert-OH is 2. The van der Waals surface area contributed by atoms with Crippen LogP contribution in [-0.2, 0) is 33.4 Å². The third-order valence-electron chi connectivity index (χ3n) is 3.79. The van der Waals surface area contributed by atoms with Crippen LogP contribution >= 0.6 is 0 Å². The molecule has 0 aromatic carbocycles. The van der Waals surface area contributed by atoms with Crippen molar-refractivity contribution in [3.8, 4) is 0 Å². The zero-order chi connectivity index (χ0) is 23.7. The van der Waals surface area contributed by atoms with Crippen LogP contribution in [0.15, 0.2) is 0 Å². The van der Waals surface area contributed by atoms with E-state index in [2.05, 4.69) is 14.8 Å². The molecule has 0 saturated carbocycles. The van der Waals surface area contributed by atoms with Crippen LogP contribution in [0.4, 0.5) is 4.79 Å². The van der Waals surface area contributed by atoms with Gasteiger partial charge in [0.2, 0.25) is 11.5 Å². The molecule has 2 atom stereocenters. The molecule has 6 N–H and O–H groups in total. The summed E-state index contributed by atoms with van der Waals surface area (Å²) in [7, 11) is 0. The third kappa shape index (κ3) is 15.3. The Morgan fingerprint density at radius 3 is 1.85 bits per heavy atom. The standard InChI is InChI=1S/C16H23NO13.3Ca.6H/c1-15(2,7-18)11(23)12(24)17-4-3-9(21)30-16(13(25)26,5-8(19)20)6-10(22)29-14(27)28;;;;;;;;;/h11,18,23H,3-7H2,1-2H3,(H,17,24)(H,19,20)(H,25,26)(H,27,28);;;;;;;;;/q;3*+2;6*-1/t11-,16?;;;;;;;;;/m0........./s1. The Labute approximate surface area is 286 Å². The van der Waals surface area contributed by atoms with E-state index in [1.165, 1.54) is 13.8 Å². The van der Waals surface area contributed by atoms with Gasteiger partial charge in [-0.1, -0.05) is 13.8 Å². The van der Waals surface area contributed by atoms with E-state index >= 15 is 0 Å². The first-order valence-corrected chi connectivity index (χ1v) is 8.34. The number of aliphatic carboxylic acids is 2. The van der Waals surface area contributed by atoms with Crippen molar-refractivity contribution in [1.82, 2.24) is 5.32 Å². The van der Waals surface area contributed by atoms with E-state index in [1.807, 2.05) is 0 Å². The second-order valence-corrected chi connectivity index (χ2v) is 6.85. The van der Waals surface area contributed by atoms with Crippen LogP contribution in [-0.4, -0.2) is 200 Å². The van der Waals surface area contributed by atoms with E-state index in [4.69, 9.17) is 15.3 Å². The summed E-state index contributed by atoms with van der Waals surface area (Å²) in [6.07, 6.45) is -7.16. The van der Waals surface area contributed by atoms with Crippen LogP contribution in [0.2, 0.25) is 0 Å². The van der Waals surface area contributed by atoms with Crippen LogP contribution in [0.5, 0.6) is 0 Å². The monoisotopic (exact) mass is 563 g/mol. The van der Waals surface area contributed by atoms with Gasteiger partial charge in [-0.3, -0.25) is 19.2 Å². The van der Waals surface area contributed by atoms with Gasteiger partial charge in [-0.2, -0.15) is 0 Å². The van der Waals surface area contributed by atoms with Gasteiger partial charge in [0.05, 0.1) is 25.9 Å². The molecule has 0 saturated heterocycles. The molecular formula is C16H29Ca3NO13. The molecule has 0 aromatic heterocycles. The minimum absolute atomic E-state index is 0. The molecule has 182 valence electrons. The number of ether oxygens (including phenoxy) is 2. The molecule has 33 heavy (non-hydrogen) atoms. The Hall–Kier alpha value is 0.519. The number of nitrogens with one attached hydrogen (secondary N) is 1. The van der Waals surface area contributed by atoms with E-state index < -0.39 is 85.5 Å².